The zero-order valence-electron chi connectivity index (χ0n) is 15.2. The first kappa shape index (κ1) is 19.1. The number of anilines is 1. The Morgan fingerprint density at radius 1 is 1.44 bits per heavy atom. The first-order chi connectivity index (χ1) is 12.9. The average Bonchev–Trinajstić information content (AvgIpc) is 2.96. The van der Waals surface area contributed by atoms with E-state index in [1.54, 1.807) is 6.07 Å². The number of carboxylic acids is 1. The number of aryl methyl sites for hydroxylation is 1. The molecule has 0 aliphatic carbocycles. The lowest BCUT2D eigenvalue weighted by Gasteiger charge is -2.28. The molecule has 27 heavy (non-hydrogen) atoms. The Morgan fingerprint density at radius 3 is 2.74 bits per heavy atom. The smallest absolute Gasteiger partial charge is 0.306 e. The van der Waals surface area contributed by atoms with E-state index >= 15 is 0 Å². The summed E-state index contributed by atoms with van der Waals surface area (Å²) in [6.07, 6.45) is 0.525. The molecule has 9 heteroatoms. The van der Waals surface area contributed by atoms with Gasteiger partial charge in [0.05, 0.1) is 35.0 Å². The Balaban J connectivity index is 2.08. The van der Waals surface area contributed by atoms with Crippen molar-refractivity contribution in [2.75, 3.05) is 37.7 Å². The van der Waals surface area contributed by atoms with Crippen LogP contribution in [0.1, 0.15) is 17.7 Å². The van der Waals surface area contributed by atoms with E-state index in [4.69, 9.17) is 10.5 Å². The predicted octanol–water partition coefficient (Wildman–Crippen LogP) is 1.81. The highest BCUT2D eigenvalue weighted by molar-refractivity contribution is 5.96. The molecule has 1 unspecified atom stereocenters. The van der Waals surface area contributed by atoms with Crippen LogP contribution in [-0.4, -0.2) is 53.8 Å². The van der Waals surface area contributed by atoms with Crippen LogP contribution in [0, 0.1) is 23.0 Å². The van der Waals surface area contributed by atoms with Gasteiger partial charge in [-0.15, -0.1) is 0 Å². The Morgan fingerprint density at radius 2 is 2.15 bits per heavy atom. The molecule has 3 rings (SSSR count). The molecule has 9 nitrogen and oxygen atoms in total. The zero-order chi connectivity index (χ0) is 19.6. The van der Waals surface area contributed by atoms with Gasteiger partial charge in [-0.1, -0.05) is 0 Å². The van der Waals surface area contributed by atoms with E-state index in [9.17, 15) is 20.0 Å². The van der Waals surface area contributed by atoms with Gasteiger partial charge in [0.25, 0.3) is 5.69 Å². The molecule has 0 radical (unpaired) electrons. The molecular weight excluding hydrogens is 352 g/mol. The lowest BCUT2D eigenvalue weighted by atomic mass is 9.94. The number of hydrogen-bond donors (Lipinski definition) is 3. The van der Waals surface area contributed by atoms with E-state index < -0.39 is 16.8 Å². The molecule has 2 aromatic rings. The molecule has 0 saturated carbocycles. The Labute approximate surface area is 156 Å². The van der Waals surface area contributed by atoms with Crippen LogP contribution in [0.15, 0.2) is 12.1 Å². The predicted molar refractivity (Wildman–Crippen MR) is 101 cm³/mol. The van der Waals surface area contributed by atoms with Crippen LogP contribution in [-0.2, 0) is 16.0 Å². The van der Waals surface area contributed by atoms with Gasteiger partial charge >= 0.3 is 5.97 Å². The molecule has 0 amide bonds. The number of aromatic nitrogens is 1. The summed E-state index contributed by atoms with van der Waals surface area (Å²) >= 11 is 0. The number of fused-ring (bicyclic) bond motifs is 1. The van der Waals surface area contributed by atoms with Gasteiger partial charge in [-0.3, -0.25) is 14.9 Å². The number of benzene rings is 1. The number of carboxylic acid groups (broad SMARTS) is 1. The molecule has 1 saturated heterocycles. The second-order valence-electron chi connectivity index (χ2n) is 6.79. The SMILES string of the molecule is Cc1[nH]c2cc(N3CCOCC3)cc([N+](=O)[O-])c2c1CC(CCN)C(=O)O. The normalized spacial score (nSPS) is 15.9. The van der Waals surface area contributed by atoms with Crippen LogP contribution >= 0.6 is 0 Å². The summed E-state index contributed by atoms with van der Waals surface area (Å²) in [6, 6.07) is 3.46. The van der Waals surface area contributed by atoms with Crippen LogP contribution in [0.25, 0.3) is 10.9 Å². The highest BCUT2D eigenvalue weighted by atomic mass is 16.6. The van der Waals surface area contributed by atoms with E-state index in [1.165, 1.54) is 0 Å². The summed E-state index contributed by atoms with van der Waals surface area (Å²) in [5.41, 5.74) is 8.36. The summed E-state index contributed by atoms with van der Waals surface area (Å²) < 4.78 is 5.35. The van der Waals surface area contributed by atoms with Crippen LogP contribution in [0.5, 0.6) is 0 Å². The van der Waals surface area contributed by atoms with Gasteiger partial charge < -0.3 is 25.5 Å². The molecule has 1 aromatic heterocycles. The van der Waals surface area contributed by atoms with E-state index in [0.29, 0.717) is 49.2 Å². The third kappa shape index (κ3) is 3.88. The minimum absolute atomic E-state index is 0.00905. The van der Waals surface area contributed by atoms with Crippen molar-refractivity contribution in [1.29, 1.82) is 0 Å². The van der Waals surface area contributed by atoms with Crippen molar-refractivity contribution in [3.63, 3.8) is 0 Å². The van der Waals surface area contributed by atoms with Gasteiger partial charge in [0, 0.05) is 30.5 Å². The maximum absolute atomic E-state index is 11.8. The molecule has 1 aliphatic heterocycles. The number of nitrogens with two attached hydrogens (primary N) is 1. The minimum Gasteiger partial charge on any atom is -0.481 e. The number of aliphatic carboxylic acids is 1. The van der Waals surface area contributed by atoms with Gasteiger partial charge in [0.1, 0.15) is 0 Å². The number of non-ortho nitro benzene ring substituents is 1. The number of aromatic amines is 1. The number of nitrogens with zero attached hydrogens (tertiary/aromatic N) is 2. The number of nitrogens with one attached hydrogen (secondary N) is 1. The van der Waals surface area contributed by atoms with Crippen molar-refractivity contribution >= 4 is 28.2 Å². The highest BCUT2D eigenvalue weighted by Gasteiger charge is 2.26. The summed E-state index contributed by atoms with van der Waals surface area (Å²) in [6.45, 7) is 4.58. The first-order valence-corrected chi connectivity index (χ1v) is 8.97. The number of nitro benzene ring substituents is 1. The molecule has 1 aromatic carbocycles. The van der Waals surface area contributed by atoms with Gasteiger partial charge in [-0.05, 0) is 37.9 Å². The summed E-state index contributed by atoms with van der Waals surface area (Å²) in [5.74, 6) is -1.62. The van der Waals surface area contributed by atoms with Crippen molar-refractivity contribution in [3.8, 4) is 0 Å². The van der Waals surface area contributed by atoms with Crippen molar-refractivity contribution in [2.45, 2.75) is 19.8 Å². The fourth-order valence-corrected chi connectivity index (χ4v) is 3.66. The fourth-order valence-electron chi connectivity index (χ4n) is 3.66. The number of nitro groups is 1. The van der Waals surface area contributed by atoms with E-state index in [1.807, 2.05) is 13.0 Å². The monoisotopic (exact) mass is 376 g/mol. The second kappa shape index (κ2) is 7.93. The maximum Gasteiger partial charge on any atom is 0.306 e. The van der Waals surface area contributed by atoms with Crippen LogP contribution < -0.4 is 10.6 Å². The molecule has 1 fully saturated rings. The standard InChI is InChI=1S/C18H24N4O5/c1-11-14(8-12(2-3-19)18(23)24)17-15(20-11)9-13(10-16(17)22(25)26)21-4-6-27-7-5-21/h9-10,12,20H,2-8,19H2,1H3,(H,23,24). The lowest BCUT2D eigenvalue weighted by Crippen LogP contribution is -2.36. The van der Waals surface area contributed by atoms with Gasteiger partial charge in [0.15, 0.2) is 0 Å². The fraction of sp³-hybridized carbons (Fsp3) is 0.500. The summed E-state index contributed by atoms with van der Waals surface area (Å²) in [5, 5.41) is 21.7. The van der Waals surface area contributed by atoms with E-state index in [2.05, 4.69) is 9.88 Å². The molecule has 0 bridgehead atoms. The van der Waals surface area contributed by atoms with Crippen molar-refractivity contribution < 1.29 is 19.6 Å². The Hall–Kier alpha value is -2.65. The summed E-state index contributed by atoms with van der Waals surface area (Å²) in [4.78, 5) is 28.1. The van der Waals surface area contributed by atoms with Gasteiger partial charge in [-0.25, -0.2) is 0 Å². The van der Waals surface area contributed by atoms with Crippen LogP contribution in [0.4, 0.5) is 11.4 Å². The Kier molecular flexibility index (Phi) is 5.62. The largest absolute Gasteiger partial charge is 0.481 e. The Bertz CT molecular complexity index is 857. The third-order valence-electron chi connectivity index (χ3n) is 5.07. The van der Waals surface area contributed by atoms with Crippen molar-refractivity contribution in [1.82, 2.24) is 4.98 Å². The quantitative estimate of drug-likeness (QED) is 0.495. The van der Waals surface area contributed by atoms with Crippen molar-refractivity contribution in [3.05, 3.63) is 33.5 Å². The third-order valence-corrected chi connectivity index (χ3v) is 5.07. The number of carbonyl (C=O) groups is 1. The number of H-pyrrole nitrogens is 1. The maximum atomic E-state index is 11.8. The first-order valence-electron chi connectivity index (χ1n) is 8.97. The molecular formula is C18H24N4O5. The van der Waals surface area contributed by atoms with Crippen LogP contribution in [0.2, 0.25) is 0 Å². The van der Waals surface area contributed by atoms with Gasteiger partial charge in [0.2, 0.25) is 0 Å². The number of ether oxygens (including phenoxy) is 1. The topological polar surface area (TPSA) is 135 Å². The van der Waals surface area contributed by atoms with Crippen molar-refractivity contribution in [2.24, 2.45) is 11.7 Å². The number of hydrogen-bond acceptors (Lipinski definition) is 6. The zero-order valence-corrected chi connectivity index (χ0v) is 15.2. The molecule has 4 N–H and O–H groups in total. The molecule has 1 atom stereocenters. The van der Waals surface area contributed by atoms with E-state index in [-0.39, 0.29) is 18.7 Å². The highest BCUT2D eigenvalue weighted by Crippen LogP contribution is 2.37. The molecule has 1 aliphatic rings. The average molecular weight is 376 g/mol. The molecule has 146 valence electrons. The number of morpholine rings is 1. The number of rotatable bonds is 7. The van der Waals surface area contributed by atoms with E-state index in [0.717, 1.165) is 11.4 Å². The second-order valence-corrected chi connectivity index (χ2v) is 6.79. The lowest BCUT2D eigenvalue weighted by molar-refractivity contribution is -0.383. The van der Waals surface area contributed by atoms with Gasteiger partial charge in [-0.2, -0.15) is 0 Å². The minimum atomic E-state index is -0.943. The molecule has 2 heterocycles. The summed E-state index contributed by atoms with van der Waals surface area (Å²) in [7, 11) is 0. The van der Waals surface area contributed by atoms with Crippen LogP contribution in [0.3, 0.4) is 0 Å². The molecule has 0 spiro atoms.